The van der Waals surface area contributed by atoms with Crippen molar-refractivity contribution in [2.75, 3.05) is 12.3 Å². The van der Waals surface area contributed by atoms with E-state index in [0.29, 0.717) is 18.3 Å². The van der Waals surface area contributed by atoms with Crippen LogP contribution >= 0.6 is 0 Å². The van der Waals surface area contributed by atoms with Crippen molar-refractivity contribution in [1.82, 2.24) is 0 Å². The number of hydrogen-bond donors (Lipinski definition) is 1. The van der Waals surface area contributed by atoms with Gasteiger partial charge in [-0.05, 0) is 55.2 Å². The number of alkyl halides is 3. The first-order valence-electron chi connectivity index (χ1n) is 7.03. The molecule has 2 aliphatic carbocycles. The van der Waals surface area contributed by atoms with Gasteiger partial charge in [0.15, 0.2) is 0 Å². The van der Waals surface area contributed by atoms with Crippen LogP contribution in [-0.2, 0) is 6.18 Å². The molecule has 2 fully saturated rings. The second-order valence-corrected chi connectivity index (χ2v) is 6.00. The van der Waals surface area contributed by atoms with Crippen LogP contribution < -0.4 is 10.5 Å². The molecule has 2 saturated carbocycles. The van der Waals surface area contributed by atoms with Gasteiger partial charge >= 0.3 is 6.18 Å². The van der Waals surface area contributed by atoms with Gasteiger partial charge in [-0.15, -0.1) is 0 Å². The van der Waals surface area contributed by atoms with Crippen molar-refractivity contribution in [3.05, 3.63) is 23.8 Å². The Morgan fingerprint density at radius 3 is 2.55 bits per heavy atom. The Morgan fingerprint density at radius 2 is 2.00 bits per heavy atom. The molecule has 2 aliphatic rings. The van der Waals surface area contributed by atoms with Gasteiger partial charge in [0.1, 0.15) is 5.75 Å². The van der Waals surface area contributed by atoms with E-state index in [9.17, 15) is 13.2 Å². The van der Waals surface area contributed by atoms with Gasteiger partial charge in [-0.2, -0.15) is 13.2 Å². The van der Waals surface area contributed by atoms with E-state index in [-0.39, 0.29) is 5.69 Å². The molecule has 0 aromatic heterocycles. The third kappa shape index (κ3) is 2.58. The second kappa shape index (κ2) is 4.86. The van der Waals surface area contributed by atoms with Gasteiger partial charge in [-0.25, -0.2) is 0 Å². The molecule has 0 radical (unpaired) electrons. The topological polar surface area (TPSA) is 35.2 Å². The van der Waals surface area contributed by atoms with E-state index in [1.165, 1.54) is 31.7 Å². The zero-order valence-corrected chi connectivity index (χ0v) is 11.1. The molecule has 1 aromatic rings. The van der Waals surface area contributed by atoms with Crippen LogP contribution in [-0.4, -0.2) is 6.61 Å². The van der Waals surface area contributed by atoms with Crippen molar-refractivity contribution in [3.63, 3.8) is 0 Å². The fourth-order valence-electron chi connectivity index (χ4n) is 3.63. The van der Waals surface area contributed by atoms with Crippen LogP contribution in [0.3, 0.4) is 0 Å². The van der Waals surface area contributed by atoms with Crippen molar-refractivity contribution in [3.8, 4) is 5.75 Å². The summed E-state index contributed by atoms with van der Waals surface area (Å²) >= 11 is 0. The molecule has 0 aliphatic heterocycles. The van der Waals surface area contributed by atoms with E-state index in [0.717, 1.165) is 24.0 Å². The number of ether oxygens (including phenoxy) is 1. The Labute approximate surface area is 116 Å². The van der Waals surface area contributed by atoms with E-state index in [1.807, 2.05) is 0 Å². The van der Waals surface area contributed by atoms with E-state index in [2.05, 4.69) is 0 Å². The SMILES string of the molecule is Nc1cc(C(F)(F)F)ccc1OCC1CC2CCC1C2. The number of fused-ring (bicyclic) bond motifs is 2. The summed E-state index contributed by atoms with van der Waals surface area (Å²) in [4.78, 5) is 0. The van der Waals surface area contributed by atoms with Crippen LogP contribution in [0.25, 0.3) is 0 Å². The summed E-state index contributed by atoms with van der Waals surface area (Å²) in [6, 6.07) is 3.29. The van der Waals surface area contributed by atoms with Crippen molar-refractivity contribution < 1.29 is 17.9 Å². The molecule has 1 aromatic carbocycles. The lowest BCUT2D eigenvalue weighted by Gasteiger charge is -2.22. The first kappa shape index (κ1) is 13.6. The van der Waals surface area contributed by atoms with Gasteiger partial charge < -0.3 is 10.5 Å². The smallest absolute Gasteiger partial charge is 0.416 e. The molecule has 3 rings (SSSR count). The van der Waals surface area contributed by atoms with Crippen LogP contribution in [0.1, 0.15) is 31.2 Å². The minimum Gasteiger partial charge on any atom is -0.491 e. The van der Waals surface area contributed by atoms with Crippen LogP contribution in [0.4, 0.5) is 18.9 Å². The Bertz CT molecular complexity index is 500. The Kier molecular flexibility index (Phi) is 3.30. The van der Waals surface area contributed by atoms with Crippen LogP contribution in [0.5, 0.6) is 5.75 Å². The van der Waals surface area contributed by atoms with Crippen molar-refractivity contribution in [1.29, 1.82) is 0 Å². The molecule has 2 N–H and O–H groups in total. The molecular formula is C15H18F3NO. The van der Waals surface area contributed by atoms with Gasteiger partial charge in [0.2, 0.25) is 0 Å². The van der Waals surface area contributed by atoms with E-state index in [4.69, 9.17) is 10.5 Å². The lowest BCUT2D eigenvalue weighted by Crippen LogP contribution is -2.19. The molecule has 3 atom stereocenters. The zero-order chi connectivity index (χ0) is 14.3. The molecule has 2 nitrogen and oxygen atoms in total. The predicted molar refractivity (Wildman–Crippen MR) is 70.3 cm³/mol. The average molecular weight is 285 g/mol. The fraction of sp³-hybridized carbons (Fsp3) is 0.600. The average Bonchev–Trinajstić information content (AvgIpc) is 2.98. The Morgan fingerprint density at radius 1 is 1.20 bits per heavy atom. The van der Waals surface area contributed by atoms with Crippen LogP contribution in [0.15, 0.2) is 18.2 Å². The van der Waals surface area contributed by atoms with Crippen molar-refractivity contribution in [2.45, 2.75) is 31.9 Å². The molecule has 0 amide bonds. The third-order valence-electron chi connectivity index (χ3n) is 4.67. The summed E-state index contributed by atoms with van der Waals surface area (Å²) in [5.41, 5.74) is 4.98. The van der Waals surface area contributed by atoms with Gasteiger partial charge in [0.25, 0.3) is 0 Å². The highest BCUT2D eigenvalue weighted by Gasteiger charge is 2.39. The number of anilines is 1. The van der Waals surface area contributed by atoms with E-state index >= 15 is 0 Å². The van der Waals surface area contributed by atoms with Crippen molar-refractivity contribution in [2.24, 2.45) is 17.8 Å². The zero-order valence-electron chi connectivity index (χ0n) is 11.1. The highest BCUT2D eigenvalue weighted by atomic mass is 19.4. The standard InChI is InChI=1S/C15H18F3NO/c16-15(17,18)12-3-4-14(13(19)7-12)20-8-11-6-9-1-2-10(11)5-9/h3-4,7,9-11H,1-2,5-6,8,19H2. The fourth-order valence-corrected chi connectivity index (χ4v) is 3.63. The summed E-state index contributed by atoms with van der Waals surface area (Å²) in [6.07, 6.45) is 0.698. The molecule has 0 saturated heterocycles. The first-order chi connectivity index (χ1) is 9.43. The maximum atomic E-state index is 12.5. The lowest BCUT2D eigenvalue weighted by atomic mass is 9.89. The number of benzene rings is 1. The molecular weight excluding hydrogens is 267 g/mol. The molecule has 0 spiro atoms. The monoisotopic (exact) mass is 285 g/mol. The number of hydrogen-bond acceptors (Lipinski definition) is 2. The van der Waals surface area contributed by atoms with Crippen molar-refractivity contribution >= 4 is 5.69 Å². The van der Waals surface area contributed by atoms with Crippen LogP contribution in [0.2, 0.25) is 0 Å². The molecule has 0 heterocycles. The molecule has 20 heavy (non-hydrogen) atoms. The maximum absolute atomic E-state index is 12.5. The molecule has 3 unspecified atom stereocenters. The molecule has 5 heteroatoms. The van der Waals surface area contributed by atoms with E-state index < -0.39 is 11.7 Å². The largest absolute Gasteiger partial charge is 0.491 e. The highest BCUT2D eigenvalue weighted by molar-refractivity contribution is 5.54. The summed E-state index contributed by atoms with van der Waals surface area (Å²) < 4.78 is 43.3. The third-order valence-corrected chi connectivity index (χ3v) is 4.67. The Hall–Kier alpha value is -1.39. The second-order valence-electron chi connectivity index (χ2n) is 6.00. The first-order valence-corrected chi connectivity index (χ1v) is 7.03. The minimum absolute atomic E-state index is 0.0583. The molecule has 2 bridgehead atoms. The molecule has 110 valence electrons. The maximum Gasteiger partial charge on any atom is 0.416 e. The number of rotatable bonds is 3. The summed E-state index contributed by atoms with van der Waals surface area (Å²) in [6.45, 7) is 0.566. The normalized spacial score (nSPS) is 28.9. The highest BCUT2D eigenvalue weighted by Crippen LogP contribution is 2.48. The lowest BCUT2D eigenvalue weighted by molar-refractivity contribution is -0.137. The minimum atomic E-state index is -4.36. The van der Waals surface area contributed by atoms with Crippen LogP contribution in [0, 0.1) is 17.8 Å². The van der Waals surface area contributed by atoms with Gasteiger partial charge in [0.05, 0.1) is 17.9 Å². The van der Waals surface area contributed by atoms with E-state index in [1.54, 1.807) is 0 Å². The predicted octanol–water partition coefficient (Wildman–Crippen LogP) is 4.10. The van der Waals surface area contributed by atoms with Gasteiger partial charge in [-0.1, -0.05) is 6.42 Å². The number of halogens is 3. The summed E-state index contributed by atoms with van der Waals surface area (Å²) in [5, 5.41) is 0. The Balaban J connectivity index is 1.63. The quantitative estimate of drug-likeness (QED) is 0.848. The summed E-state index contributed by atoms with van der Waals surface area (Å²) in [7, 11) is 0. The number of nitrogens with two attached hydrogens (primary N) is 1. The van der Waals surface area contributed by atoms with Gasteiger partial charge in [0, 0.05) is 0 Å². The van der Waals surface area contributed by atoms with Gasteiger partial charge in [-0.3, -0.25) is 0 Å². The number of nitrogen functional groups attached to an aromatic ring is 1. The summed E-state index contributed by atoms with van der Waals surface area (Å²) in [5.74, 6) is 2.46.